The third-order valence-electron chi connectivity index (χ3n) is 6.25. The predicted octanol–water partition coefficient (Wildman–Crippen LogP) is 6.95. The van der Waals surface area contributed by atoms with E-state index in [2.05, 4.69) is 30.1 Å². The molecule has 0 saturated carbocycles. The molecule has 0 spiro atoms. The standard InChI is InChI=1S/C27H23FN2/c1-2-3-4-17-5-8-19(9-6-17)21-13-14-24-23-12-10-20-15-18(16-29)7-11-22(20)26(23)30-27(24)25(21)28/h5-9,11,13-15,30H,2-4,10,12H2,1H3. The van der Waals surface area contributed by atoms with Crippen LogP contribution in [-0.4, -0.2) is 4.98 Å². The second-order valence-electron chi connectivity index (χ2n) is 8.11. The first kappa shape index (κ1) is 18.6. The number of unbranched alkanes of at least 4 members (excludes halogenated alkanes) is 1. The van der Waals surface area contributed by atoms with E-state index in [-0.39, 0.29) is 5.82 Å². The van der Waals surface area contributed by atoms with Crippen molar-refractivity contribution < 1.29 is 4.39 Å². The molecule has 5 rings (SSSR count). The zero-order chi connectivity index (χ0) is 20.7. The maximum Gasteiger partial charge on any atom is 0.155 e. The average molecular weight is 394 g/mol. The lowest BCUT2D eigenvalue weighted by molar-refractivity contribution is 0.641. The minimum absolute atomic E-state index is 0.196. The van der Waals surface area contributed by atoms with E-state index >= 15 is 4.39 Å². The monoisotopic (exact) mass is 394 g/mol. The summed E-state index contributed by atoms with van der Waals surface area (Å²) in [4.78, 5) is 3.37. The topological polar surface area (TPSA) is 39.6 Å². The van der Waals surface area contributed by atoms with Crippen molar-refractivity contribution in [3.63, 3.8) is 0 Å². The second kappa shape index (κ2) is 7.46. The molecule has 0 amide bonds. The summed E-state index contributed by atoms with van der Waals surface area (Å²) >= 11 is 0. The normalized spacial score (nSPS) is 12.4. The molecule has 3 heteroatoms. The molecule has 1 aliphatic carbocycles. The lowest BCUT2D eigenvalue weighted by atomic mass is 9.88. The van der Waals surface area contributed by atoms with Gasteiger partial charge in [-0.3, -0.25) is 0 Å². The molecule has 1 N–H and O–H groups in total. The first-order valence-corrected chi connectivity index (χ1v) is 10.7. The van der Waals surface area contributed by atoms with Gasteiger partial charge in [0.05, 0.1) is 22.8 Å². The minimum atomic E-state index is -0.196. The van der Waals surface area contributed by atoms with Crippen LogP contribution in [0.25, 0.3) is 33.3 Å². The van der Waals surface area contributed by atoms with Crippen molar-refractivity contribution in [2.75, 3.05) is 0 Å². The molecule has 0 atom stereocenters. The van der Waals surface area contributed by atoms with Gasteiger partial charge in [-0.25, -0.2) is 4.39 Å². The van der Waals surface area contributed by atoms with Crippen molar-refractivity contribution in [2.24, 2.45) is 0 Å². The van der Waals surface area contributed by atoms with Crippen molar-refractivity contribution in [3.8, 4) is 28.5 Å². The van der Waals surface area contributed by atoms with E-state index in [1.165, 1.54) is 24.0 Å². The van der Waals surface area contributed by atoms with Gasteiger partial charge in [-0.1, -0.05) is 55.8 Å². The molecule has 0 bridgehead atoms. The molecular weight excluding hydrogens is 371 g/mol. The smallest absolute Gasteiger partial charge is 0.155 e. The van der Waals surface area contributed by atoms with Gasteiger partial charge in [-0.05, 0) is 60.1 Å². The fraction of sp³-hybridized carbons (Fsp3) is 0.222. The summed E-state index contributed by atoms with van der Waals surface area (Å²) in [6.07, 6.45) is 5.13. The largest absolute Gasteiger partial charge is 0.352 e. The lowest BCUT2D eigenvalue weighted by Gasteiger charge is -2.16. The summed E-state index contributed by atoms with van der Waals surface area (Å²) in [7, 11) is 0. The summed E-state index contributed by atoms with van der Waals surface area (Å²) in [6.45, 7) is 2.19. The van der Waals surface area contributed by atoms with E-state index in [0.29, 0.717) is 16.6 Å². The predicted molar refractivity (Wildman–Crippen MR) is 120 cm³/mol. The van der Waals surface area contributed by atoms with Gasteiger partial charge >= 0.3 is 0 Å². The van der Waals surface area contributed by atoms with Gasteiger partial charge < -0.3 is 4.98 Å². The maximum atomic E-state index is 15.6. The number of hydrogen-bond acceptors (Lipinski definition) is 1. The molecule has 30 heavy (non-hydrogen) atoms. The zero-order valence-electron chi connectivity index (χ0n) is 17.1. The molecule has 148 valence electrons. The maximum absolute atomic E-state index is 15.6. The molecule has 0 unspecified atom stereocenters. The van der Waals surface area contributed by atoms with Crippen molar-refractivity contribution in [2.45, 2.75) is 39.0 Å². The number of fused-ring (bicyclic) bond motifs is 5. The Bertz CT molecular complexity index is 1290. The van der Waals surface area contributed by atoms with Crippen molar-refractivity contribution in [3.05, 3.63) is 82.7 Å². The molecule has 1 aromatic heterocycles. The summed E-state index contributed by atoms with van der Waals surface area (Å²) in [6, 6.07) is 20.2. The Balaban J connectivity index is 1.58. The Morgan fingerprint density at radius 2 is 1.80 bits per heavy atom. The number of hydrogen-bond donors (Lipinski definition) is 1. The molecular formula is C27H23FN2. The Hall–Kier alpha value is -3.38. The first-order valence-electron chi connectivity index (χ1n) is 10.7. The van der Waals surface area contributed by atoms with Crippen LogP contribution >= 0.6 is 0 Å². The zero-order valence-corrected chi connectivity index (χ0v) is 17.1. The third kappa shape index (κ3) is 3.00. The number of aromatic amines is 1. The average Bonchev–Trinajstić information content (AvgIpc) is 3.18. The Labute approximate surface area is 176 Å². The molecule has 0 aliphatic heterocycles. The number of rotatable bonds is 4. The summed E-state index contributed by atoms with van der Waals surface area (Å²) in [5.41, 5.74) is 8.46. The highest BCUT2D eigenvalue weighted by Crippen LogP contribution is 2.40. The molecule has 0 radical (unpaired) electrons. The number of aryl methyl sites for hydroxylation is 3. The first-order chi connectivity index (χ1) is 14.7. The van der Waals surface area contributed by atoms with Crippen LogP contribution in [0, 0.1) is 17.1 Å². The van der Waals surface area contributed by atoms with E-state index in [1.54, 1.807) is 0 Å². The van der Waals surface area contributed by atoms with Crippen LogP contribution in [0.3, 0.4) is 0 Å². The van der Waals surface area contributed by atoms with E-state index in [4.69, 9.17) is 0 Å². The second-order valence-corrected chi connectivity index (χ2v) is 8.11. The van der Waals surface area contributed by atoms with Gasteiger partial charge in [0.25, 0.3) is 0 Å². The van der Waals surface area contributed by atoms with Gasteiger partial charge in [0.2, 0.25) is 0 Å². The Morgan fingerprint density at radius 1 is 1.00 bits per heavy atom. The number of nitrogens with one attached hydrogen (secondary N) is 1. The van der Waals surface area contributed by atoms with Gasteiger partial charge in [-0.15, -0.1) is 0 Å². The highest BCUT2D eigenvalue weighted by molar-refractivity contribution is 5.95. The van der Waals surface area contributed by atoms with Crippen LogP contribution in [0.1, 0.15) is 42.0 Å². The van der Waals surface area contributed by atoms with E-state index in [1.807, 2.05) is 42.5 Å². The van der Waals surface area contributed by atoms with Crippen LogP contribution in [-0.2, 0) is 19.3 Å². The van der Waals surface area contributed by atoms with Gasteiger partial charge in [-0.2, -0.15) is 5.26 Å². The molecule has 2 nitrogen and oxygen atoms in total. The van der Waals surface area contributed by atoms with E-state index in [9.17, 15) is 5.26 Å². The van der Waals surface area contributed by atoms with E-state index in [0.717, 1.165) is 47.0 Å². The SMILES string of the molecule is CCCCc1ccc(-c2ccc3c4c([nH]c3c2F)-c2ccc(C#N)cc2CC4)cc1. The van der Waals surface area contributed by atoms with Gasteiger partial charge in [0, 0.05) is 16.5 Å². The van der Waals surface area contributed by atoms with Crippen LogP contribution < -0.4 is 0 Å². The summed E-state index contributed by atoms with van der Waals surface area (Å²) < 4.78 is 15.6. The minimum Gasteiger partial charge on any atom is -0.352 e. The van der Waals surface area contributed by atoms with Crippen molar-refractivity contribution in [1.82, 2.24) is 4.98 Å². The number of H-pyrrole nitrogens is 1. The third-order valence-corrected chi connectivity index (χ3v) is 6.25. The van der Waals surface area contributed by atoms with Crippen LogP contribution in [0.15, 0.2) is 54.6 Å². The number of halogens is 1. The summed E-state index contributed by atoms with van der Waals surface area (Å²) in [5, 5.41) is 10.1. The highest BCUT2D eigenvalue weighted by Gasteiger charge is 2.23. The van der Waals surface area contributed by atoms with Crippen LogP contribution in [0.4, 0.5) is 4.39 Å². The highest BCUT2D eigenvalue weighted by atomic mass is 19.1. The molecule has 3 aromatic carbocycles. The van der Waals surface area contributed by atoms with Crippen LogP contribution in [0.2, 0.25) is 0 Å². The fourth-order valence-corrected chi connectivity index (χ4v) is 4.60. The fourth-order valence-electron chi connectivity index (χ4n) is 4.60. The quantitative estimate of drug-likeness (QED) is 0.399. The number of nitriles is 1. The Kier molecular flexibility index (Phi) is 4.64. The lowest BCUT2D eigenvalue weighted by Crippen LogP contribution is -2.03. The van der Waals surface area contributed by atoms with E-state index < -0.39 is 0 Å². The van der Waals surface area contributed by atoms with Crippen molar-refractivity contribution in [1.29, 1.82) is 5.26 Å². The molecule has 0 saturated heterocycles. The van der Waals surface area contributed by atoms with Gasteiger partial charge in [0.15, 0.2) is 5.82 Å². The molecule has 1 heterocycles. The number of nitrogens with zero attached hydrogens (tertiary/aromatic N) is 1. The van der Waals surface area contributed by atoms with Crippen LogP contribution in [0.5, 0.6) is 0 Å². The van der Waals surface area contributed by atoms with Gasteiger partial charge in [0.1, 0.15) is 0 Å². The summed E-state index contributed by atoms with van der Waals surface area (Å²) in [5.74, 6) is -0.196. The molecule has 4 aromatic rings. The molecule has 1 aliphatic rings. The Morgan fingerprint density at radius 3 is 2.57 bits per heavy atom. The number of aromatic nitrogens is 1. The molecule has 0 fully saturated rings. The number of benzene rings is 3. The van der Waals surface area contributed by atoms with Crippen molar-refractivity contribution >= 4 is 10.9 Å².